The number of hydrogen-bond donors (Lipinski definition) is 2. The van der Waals surface area contributed by atoms with E-state index in [4.69, 9.17) is 9.47 Å². The Hall–Kier alpha value is -4.60. The number of aromatic nitrogens is 2. The summed E-state index contributed by atoms with van der Waals surface area (Å²) in [4.78, 5) is 20.8. The molecule has 4 aromatic rings. The average Bonchev–Trinajstić information content (AvgIpc) is 2.87. The molecule has 0 atom stereocenters. The fourth-order valence-corrected chi connectivity index (χ4v) is 3.43. The zero-order chi connectivity index (χ0) is 25.7. The number of rotatable bonds is 7. The first-order valence-electron chi connectivity index (χ1n) is 10.7. The Labute approximate surface area is 204 Å². The standard InChI is InChI=1S/C26H21F3N4O3/c1-35-22-13-20-21(14-23(22)36-2)30-15-31-25(20)33-19-9-7-18(8-10-19)32-24(34)11-6-16-4-3-5-17(12-16)26(27,28)29/h3-15H,1-2H3,(H,32,34)(H,30,31,33)/b11-6+. The molecule has 36 heavy (non-hydrogen) atoms. The summed E-state index contributed by atoms with van der Waals surface area (Å²) >= 11 is 0. The van der Waals surface area contributed by atoms with E-state index in [9.17, 15) is 18.0 Å². The number of anilines is 3. The van der Waals surface area contributed by atoms with Crippen molar-refractivity contribution < 1.29 is 27.4 Å². The van der Waals surface area contributed by atoms with E-state index in [0.29, 0.717) is 34.2 Å². The summed E-state index contributed by atoms with van der Waals surface area (Å²) in [7, 11) is 3.09. The van der Waals surface area contributed by atoms with Gasteiger partial charge in [-0.3, -0.25) is 4.79 Å². The summed E-state index contributed by atoms with van der Waals surface area (Å²) in [5.41, 5.74) is 1.38. The van der Waals surface area contributed by atoms with Gasteiger partial charge in [0.05, 0.1) is 25.3 Å². The molecule has 1 aromatic heterocycles. The number of hydrogen-bond acceptors (Lipinski definition) is 6. The number of amides is 1. The van der Waals surface area contributed by atoms with Gasteiger partial charge in [-0.05, 0) is 54.1 Å². The Morgan fingerprint density at radius 1 is 0.917 bits per heavy atom. The highest BCUT2D eigenvalue weighted by atomic mass is 19.4. The lowest BCUT2D eigenvalue weighted by Gasteiger charge is -2.12. The van der Waals surface area contributed by atoms with Crippen molar-refractivity contribution in [1.29, 1.82) is 0 Å². The van der Waals surface area contributed by atoms with Crippen LogP contribution in [0.4, 0.5) is 30.4 Å². The van der Waals surface area contributed by atoms with Crippen LogP contribution in [-0.4, -0.2) is 30.1 Å². The molecule has 0 saturated heterocycles. The van der Waals surface area contributed by atoms with Crippen molar-refractivity contribution >= 4 is 40.1 Å². The second-order valence-corrected chi connectivity index (χ2v) is 7.59. The molecule has 7 nitrogen and oxygen atoms in total. The number of fused-ring (bicyclic) bond motifs is 1. The predicted molar refractivity (Wildman–Crippen MR) is 131 cm³/mol. The third kappa shape index (κ3) is 5.72. The number of ether oxygens (including phenoxy) is 2. The molecule has 0 aliphatic rings. The smallest absolute Gasteiger partial charge is 0.416 e. The first-order valence-corrected chi connectivity index (χ1v) is 10.7. The van der Waals surface area contributed by atoms with Crippen molar-refractivity contribution in [2.24, 2.45) is 0 Å². The minimum atomic E-state index is -4.45. The minimum absolute atomic E-state index is 0.269. The first-order chi connectivity index (χ1) is 17.3. The Morgan fingerprint density at radius 2 is 1.61 bits per heavy atom. The highest BCUT2D eigenvalue weighted by molar-refractivity contribution is 6.02. The van der Waals surface area contributed by atoms with E-state index in [2.05, 4.69) is 20.6 Å². The first kappa shape index (κ1) is 24.5. The van der Waals surface area contributed by atoms with Crippen LogP contribution in [0.3, 0.4) is 0 Å². The number of nitrogens with one attached hydrogen (secondary N) is 2. The second-order valence-electron chi connectivity index (χ2n) is 7.59. The third-order valence-electron chi connectivity index (χ3n) is 5.20. The van der Waals surface area contributed by atoms with Crippen LogP contribution in [-0.2, 0) is 11.0 Å². The van der Waals surface area contributed by atoms with Crippen LogP contribution in [0.5, 0.6) is 11.5 Å². The molecular weight excluding hydrogens is 473 g/mol. The van der Waals surface area contributed by atoms with Crippen molar-refractivity contribution in [2.45, 2.75) is 6.18 Å². The summed E-state index contributed by atoms with van der Waals surface area (Å²) in [6.07, 6.45) is -0.513. The number of carbonyl (C=O) groups is 1. The summed E-state index contributed by atoms with van der Waals surface area (Å²) in [5, 5.41) is 6.62. The molecule has 0 aliphatic carbocycles. The zero-order valence-corrected chi connectivity index (χ0v) is 19.3. The molecule has 0 bridgehead atoms. The molecule has 4 rings (SSSR count). The Balaban J connectivity index is 1.44. The van der Waals surface area contributed by atoms with Gasteiger partial charge in [0.15, 0.2) is 11.5 Å². The van der Waals surface area contributed by atoms with Gasteiger partial charge in [-0.15, -0.1) is 0 Å². The normalized spacial score (nSPS) is 11.5. The fourth-order valence-electron chi connectivity index (χ4n) is 3.43. The molecule has 0 fully saturated rings. The molecule has 2 N–H and O–H groups in total. The molecule has 184 valence electrons. The van der Waals surface area contributed by atoms with Crippen LogP contribution in [0.15, 0.2) is 73.1 Å². The number of methoxy groups -OCH3 is 2. The van der Waals surface area contributed by atoms with Crippen molar-refractivity contribution in [3.63, 3.8) is 0 Å². The van der Waals surface area contributed by atoms with E-state index >= 15 is 0 Å². The maximum atomic E-state index is 12.8. The Morgan fingerprint density at radius 3 is 2.31 bits per heavy atom. The lowest BCUT2D eigenvalue weighted by molar-refractivity contribution is -0.137. The predicted octanol–water partition coefficient (Wildman–Crippen LogP) is 6.06. The molecule has 1 amide bonds. The van der Waals surface area contributed by atoms with Crippen LogP contribution < -0.4 is 20.1 Å². The van der Waals surface area contributed by atoms with E-state index < -0.39 is 17.6 Å². The van der Waals surface area contributed by atoms with Gasteiger partial charge in [-0.1, -0.05) is 12.1 Å². The lowest BCUT2D eigenvalue weighted by Crippen LogP contribution is -2.08. The SMILES string of the molecule is COc1cc2ncnc(Nc3ccc(NC(=O)/C=C/c4cccc(C(F)(F)F)c4)cc3)c2cc1OC. The second kappa shape index (κ2) is 10.3. The van der Waals surface area contributed by atoms with Crippen LogP contribution >= 0.6 is 0 Å². The van der Waals surface area contributed by atoms with Gasteiger partial charge in [0.1, 0.15) is 12.1 Å². The van der Waals surface area contributed by atoms with Gasteiger partial charge < -0.3 is 20.1 Å². The van der Waals surface area contributed by atoms with Gasteiger partial charge in [0.2, 0.25) is 5.91 Å². The van der Waals surface area contributed by atoms with Gasteiger partial charge in [-0.2, -0.15) is 13.2 Å². The number of halogens is 3. The monoisotopic (exact) mass is 494 g/mol. The minimum Gasteiger partial charge on any atom is -0.493 e. The van der Waals surface area contributed by atoms with Crippen molar-refractivity contribution in [3.8, 4) is 11.5 Å². The quantitative estimate of drug-likeness (QED) is 0.304. The maximum Gasteiger partial charge on any atom is 0.416 e. The number of nitrogens with zero attached hydrogens (tertiary/aromatic N) is 2. The molecule has 3 aromatic carbocycles. The molecule has 10 heteroatoms. The number of alkyl halides is 3. The van der Waals surface area contributed by atoms with E-state index in [1.807, 2.05) is 0 Å². The van der Waals surface area contributed by atoms with Crippen molar-refractivity contribution in [2.75, 3.05) is 24.9 Å². The van der Waals surface area contributed by atoms with Crippen LogP contribution in [0.1, 0.15) is 11.1 Å². The van der Waals surface area contributed by atoms with Gasteiger partial charge >= 0.3 is 6.18 Å². The van der Waals surface area contributed by atoms with E-state index in [1.54, 1.807) is 50.6 Å². The van der Waals surface area contributed by atoms with E-state index in [-0.39, 0.29) is 5.56 Å². The van der Waals surface area contributed by atoms with E-state index in [1.165, 1.54) is 30.6 Å². The largest absolute Gasteiger partial charge is 0.493 e. The number of benzene rings is 3. The Bertz CT molecular complexity index is 1420. The van der Waals surface area contributed by atoms with Crippen LogP contribution in [0.2, 0.25) is 0 Å². The zero-order valence-electron chi connectivity index (χ0n) is 19.3. The number of carbonyl (C=O) groups excluding carboxylic acids is 1. The maximum absolute atomic E-state index is 12.8. The fraction of sp³-hybridized carbons (Fsp3) is 0.115. The third-order valence-corrected chi connectivity index (χ3v) is 5.20. The summed E-state index contributed by atoms with van der Waals surface area (Å²) in [5.74, 6) is 1.17. The van der Waals surface area contributed by atoms with Gasteiger partial charge in [0, 0.05) is 28.9 Å². The highest BCUT2D eigenvalue weighted by Gasteiger charge is 2.30. The van der Waals surface area contributed by atoms with Crippen LogP contribution in [0.25, 0.3) is 17.0 Å². The molecule has 0 radical (unpaired) electrons. The molecule has 0 spiro atoms. The summed E-state index contributed by atoms with van der Waals surface area (Å²) in [6.45, 7) is 0. The summed E-state index contributed by atoms with van der Waals surface area (Å²) < 4.78 is 49.2. The lowest BCUT2D eigenvalue weighted by atomic mass is 10.1. The molecular formula is C26H21F3N4O3. The van der Waals surface area contributed by atoms with Gasteiger partial charge in [0.25, 0.3) is 0 Å². The summed E-state index contributed by atoms with van der Waals surface area (Å²) in [6, 6.07) is 15.1. The molecule has 1 heterocycles. The topological polar surface area (TPSA) is 85.4 Å². The average molecular weight is 494 g/mol. The Kier molecular flexibility index (Phi) is 7.05. The van der Waals surface area contributed by atoms with Crippen molar-refractivity contribution in [3.05, 3.63) is 84.2 Å². The van der Waals surface area contributed by atoms with E-state index in [0.717, 1.165) is 17.5 Å². The molecule has 0 unspecified atom stereocenters. The van der Waals surface area contributed by atoms with Crippen molar-refractivity contribution in [1.82, 2.24) is 9.97 Å². The van der Waals surface area contributed by atoms with Gasteiger partial charge in [-0.25, -0.2) is 9.97 Å². The molecule has 0 saturated carbocycles. The molecule has 0 aliphatic heterocycles. The van der Waals surface area contributed by atoms with Crippen LogP contribution in [0, 0.1) is 0 Å². The highest BCUT2D eigenvalue weighted by Crippen LogP contribution is 2.34.